The number of nitrogens with one attached hydrogen (secondary N) is 1. The Labute approximate surface area is 111 Å². The van der Waals surface area contributed by atoms with Gasteiger partial charge in [-0.15, -0.1) is 0 Å². The second-order valence-electron chi connectivity index (χ2n) is 5.07. The third-order valence-corrected chi connectivity index (χ3v) is 3.81. The lowest BCUT2D eigenvalue weighted by Gasteiger charge is -2.06. The van der Waals surface area contributed by atoms with Gasteiger partial charge >= 0.3 is 0 Å². The van der Waals surface area contributed by atoms with Crippen LogP contribution in [-0.4, -0.2) is 5.91 Å². The lowest BCUT2D eigenvalue weighted by atomic mass is 10.1. The Morgan fingerprint density at radius 3 is 2.79 bits per heavy atom. The number of carbonyl (C=O) groups excluding carboxylic acids is 1. The van der Waals surface area contributed by atoms with E-state index in [0.29, 0.717) is 6.54 Å². The van der Waals surface area contributed by atoms with Gasteiger partial charge in [-0.3, -0.25) is 4.79 Å². The first-order valence-electron chi connectivity index (χ1n) is 6.52. The number of amides is 1. The zero-order valence-electron chi connectivity index (χ0n) is 10.4. The molecule has 0 atom stereocenters. The van der Waals surface area contributed by atoms with Crippen LogP contribution in [0.3, 0.4) is 0 Å². The summed E-state index contributed by atoms with van der Waals surface area (Å²) in [5, 5.41) is 2.98. The summed E-state index contributed by atoms with van der Waals surface area (Å²) in [5.74, 6) is 0.0175. The highest BCUT2D eigenvalue weighted by Crippen LogP contribution is 2.51. The Bertz CT molecular complexity index is 702. The van der Waals surface area contributed by atoms with Gasteiger partial charge in [0, 0.05) is 12.1 Å². The summed E-state index contributed by atoms with van der Waals surface area (Å²) >= 11 is 0. The number of hydrogen-bond acceptors (Lipinski definition) is 1. The second-order valence-corrected chi connectivity index (χ2v) is 5.07. The molecule has 1 aromatic carbocycles. The van der Waals surface area contributed by atoms with Crippen LogP contribution in [0, 0.1) is 0 Å². The fraction of sp³-hybridized carbons (Fsp3) is 0.118. The molecule has 2 heteroatoms. The van der Waals surface area contributed by atoms with Crippen LogP contribution in [0.25, 0.3) is 0 Å². The monoisotopic (exact) mass is 247 g/mol. The molecule has 3 aliphatic rings. The van der Waals surface area contributed by atoms with Crippen molar-refractivity contribution >= 4 is 5.91 Å². The smallest absolute Gasteiger partial charge is 0.252 e. The van der Waals surface area contributed by atoms with Crippen molar-refractivity contribution in [2.24, 2.45) is 0 Å². The molecule has 1 N–H and O–H groups in total. The lowest BCUT2D eigenvalue weighted by Crippen LogP contribution is -2.24. The highest BCUT2D eigenvalue weighted by molar-refractivity contribution is 6.01. The van der Waals surface area contributed by atoms with E-state index < -0.39 is 0 Å². The maximum absolute atomic E-state index is 12.2. The van der Waals surface area contributed by atoms with Crippen molar-refractivity contribution in [3.05, 3.63) is 82.0 Å². The van der Waals surface area contributed by atoms with Crippen LogP contribution in [-0.2, 0) is 11.3 Å². The zero-order chi connectivity index (χ0) is 12.8. The maximum Gasteiger partial charge on any atom is 0.252 e. The van der Waals surface area contributed by atoms with E-state index in [2.05, 4.69) is 17.5 Å². The van der Waals surface area contributed by atoms with Crippen LogP contribution in [0.15, 0.2) is 76.4 Å². The van der Waals surface area contributed by atoms with Crippen molar-refractivity contribution in [3.8, 4) is 0 Å². The van der Waals surface area contributed by atoms with Crippen molar-refractivity contribution in [1.29, 1.82) is 0 Å². The zero-order valence-corrected chi connectivity index (χ0v) is 10.4. The van der Waals surface area contributed by atoms with Crippen molar-refractivity contribution in [2.75, 3.05) is 0 Å². The third-order valence-electron chi connectivity index (χ3n) is 3.81. The predicted octanol–water partition coefficient (Wildman–Crippen LogP) is 2.81. The number of allylic oxidation sites excluding steroid dienone is 6. The molecule has 0 spiro atoms. The first-order chi connectivity index (χ1) is 9.33. The molecule has 19 heavy (non-hydrogen) atoms. The molecule has 3 aliphatic carbocycles. The number of carbonyl (C=O) groups is 1. The van der Waals surface area contributed by atoms with Crippen molar-refractivity contribution in [2.45, 2.75) is 13.0 Å². The molecule has 0 aliphatic heterocycles. The minimum Gasteiger partial charge on any atom is -0.348 e. The summed E-state index contributed by atoms with van der Waals surface area (Å²) in [6.45, 7) is 0.576. The van der Waals surface area contributed by atoms with Crippen LogP contribution in [0.2, 0.25) is 0 Å². The fourth-order valence-corrected chi connectivity index (χ4v) is 2.71. The van der Waals surface area contributed by atoms with E-state index in [1.165, 1.54) is 16.7 Å². The molecule has 2 nitrogen and oxygen atoms in total. The molecule has 0 unspecified atom stereocenters. The van der Waals surface area contributed by atoms with Gasteiger partial charge in [-0.2, -0.15) is 0 Å². The van der Waals surface area contributed by atoms with Gasteiger partial charge in [-0.25, -0.2) is 0 Å². The van der Waals surface area contributed by atoms with E-state index in [-0.39, 0.29) is 5.91 Å². The van der Waals surface area contributed by atoms with Crippen LogP contribution in [0.5, 0.6) is 0 Å². The Hall–Kier alpha value is -2.35. The topological polar surface area (TPSA) is 29.1 Å². The Kier molecular flexibility index (Phi) is 2.12. The molecule has 4 rings (SSSR count). The maximum atomic E-state index is 12.2. The molecule has 0 saturated heterocycles. The summed E-state index contributed by atoms with van der Waals surface area (Å²) in [7, 11) is 0. The van der Waals surface area contributed by atoms with Gasteiger partial charge < -0.3 is 5.32 Å². The first-order valence-corrected chi connectivity index (χ1v) is 6.52. The molecule has 0 heterocycles. The predicted molar refractivity (Wildman–Crippen MR) is 74.2 cm³/mol. The van der Waals surface area contributed by atoms with Gasteiger partial charge in [-0.05, 0) is 46.4 Å². The number of rotatable bonds is 3. The van der Waals surface area contributed by atoms with Crippen LogP contribution >= 0.6 is 0 Å². The van der Waals surface area contributed by atoms with Gasteiger partial charge in [0.2, 0.25) is 0 Å². The molecular weight excluding hydrogens is 234 g/mol. The standard InChI is InChI=1S/C17H13NO/c19-17(18-10-11-4-2-1-3-5-11)14-7-6-13-15-8-12(15)9-16(13)14/h1-7,9H,8,10H2,(H,18,19). The number of fused-ring (bicyclic) bond motifs is 2. The van der Waals surface area contributed by atoms with Crippen LogP contribution in [0.4, 0.5) is 0 Å². The molecule has 92 valence electrons. The average molecular weight is 247 g/mol. The second kappa shape index (κ2) is 3.82. The third kappa shape index (κ3) is 1.68. The Balaban J connectivity index is 1.51. The van der Waals surface area contributed by atoms with Gasteiger partial charge in [0.05, 0.1) is 0 Å². The van der Waals surface area contributed by atoms with Crippen molar-refractivity contribution < 1.29 is 4.79 Å². The van der Waals surface area contributed by atoms with E-state index in [1.54, 1.807) is 0 Å². The van der Waals surface area contributed by atoms with Gasteiger partial charge in [0.25, 0.3) is 5.91 Å². The average Bonchev–Trinajstić information content (AvgIpc) is 2.93. The van der Waals surface area contributed by atoms with Gasteiger partial charge in [0.15, 0.2) is 0 Å². The van der Waals surface area contributed by atoms with Gasteiger partial charge in [0.1, 0.15) is 0 Å². The van der Waals surface area contributed by atoms with Crippen LogP contribution in [0.1, 0.15) is 12.0 Å². The summed E-state index contributed by atoms with van der Waals surface area (Å²) in [6, 6.07) is 9.98. The van der Waals surface area contributed by atoms with Gasteiger partial charge in [-0.1, -0.05) is 36.4 Å². The highest BCUT2D eigenvalue weighted by Gasteiger charge is 2.35. The molecule has 0 bridgehead atoms. The van der Waals surface area contributed by atoms with E-state index in [1.807, 2.05) is 36.4 Å². The van der Waals surface area contributed by atoms with E-state index in [4.69, 9.17) is 0 Å². The Morgan fingerprint density at radius 2 is 1.95 bits per heavy atom. The summed E-state index contributed by atoms with van der Waals surface area (Å²) < 4.78 is 0. The van der Waals surface area contributed by atoms with E-state index in [9.17, 15) is 4.79 Å². The largest absolute Gasteiger partial charge is 0.348 e. The molecule has 1 amide bonds. The fourth-order valence-electron chi connectivity index (χ4n) is 2.71. The molecule has 1 fully saturated rings. The number of benzene rings is 1. The minimum absolute atomic E-state index is 0.0175. The van der Waals surface area contributed by atoms with Crippen molar-refractivity contribution in [3.63, 3.8) is 0 Å². The highest BCUT2D eigenvalue weighted by atomic mass is 16.1. The minimum atomic E-state index is 0.0175. The van der Waals surface area contributed by atoms with Crippen molar-refractivity contribution in [1.82, 2.24) is 5.32 Å². The summed E-state index contributed by atoms with van der Waals surface area (Å²) in [4.78, 5) is 12.2. The molecule has 1 saturated carbocycles. The van der Waals surface area contributed by atoms with E-state index in [0.717, 1.165) is 23.1 Å². The molecule has 0 aromatic heterocycles. The summed E-state index contributed by atoms with van der Waals surface area (Å²) in [6.07, 6.45) is 7.27. The lowest BCUT2D eigenvalue weighted by molar-refractivity contribution is -0.117. The van der Waals surface area contributed by atoms with E-state index >= 15 is 0 Å². The SMILES string of the molecule is O=C(NCc1ccccc1)C1=C2C=C3CC3=C2C=C1. The number of hydrogen-bond donors (Lipinski definition) is 1. The first kappa shape index (κ1) is 10.6. The normalized spacial score (nSPS) is 18.4. The van der Waals surface area contributed by atoms with Crippen LogP contribution < -0.4 is 5.32 Å². The molecule has 0 radical (unpaired) electrons. The molecule has 1 aromatic rings. The quantitative estimate of drug-likeness (QED) is 0.874. The Morgan fingerprint density at radius 1 is 1.11 bits per heavy atom. The summed E-state index contributed by atoms with van der Waals surface area (Å²) in [5.41, 5.74) is 7.13. The molecular formula is C17H13NO.